The number of hydrogen-bond acceptors (Lipinski definition) is 2. The Hall–Kier alpha value is -1.28. The normalized spacial score (nSPS) is 41.2. The Bertz CT molecular complexity index is 947. The van der Waals surface area contributed by atoms with Crippen LogP contribution in [0.1, 0.15) is 111 Å². The fourth-order valence-electron chi connectivity index (χ4n) is 10.3. The van der Waals surface area contributed by atoms with E-state index in [1.54, 1.807) is 7.11 Å². The molecule has 37 heavy (non-hydrogen) atoms. The maximum atomic E-state index is 11.2. The Morgan fingerprint density at radius 1 is 0.946 bits per heavy atom. The minimum atomic E-state index is -0.284. The average molecular weight is 507 g/mol. The van der Waals surface area contributed by atoms with E-state index in [1.807, 2.05) is 12.1 Å². The molecule has 0 heterocycles. The second kappa shape index (κ2) is 10.7. The highest BCUT2D eigenvalue weighted by molar-refractivity contribution is 5.55. The molecule has 4 saturated carbocycles. The van der Waals surface area contributed by atoms with Gasteiger partial charge in [-0.05, 0) is 127 Å². The quantitative estimate of drug-likeness (QED) is 0.399. The first-order valence-corrected chi connectivity index (χ1v) is 15.7. The number of fused-ring (bicyclic) bond motifs is 5. The Balaban J connectivity index is 1.33. The summed E-state index contributed by atoms with van der Waals surface area (Å²) in [5, 5.41) is 11.2. The molecular weight excluding hydrogens is 452 g/mol. The van der Waals surface area contributed by atoms with Crippen molar-refractivity contribution in [1.82, 2.24) is 0 Å². The van der Waals surface area contributed by atoms with Gasteiger partial charge in [-0.3, -0.25) is 0 Å². The molecule has 4 aliphatic carbocycles. The van der Waals surface area contributed by atoms with Gasteiger partial charge in [-0.25, -0.2) is 0 Å². The number of methoxy groups -OCH3 is 1. The molecule has 0 aliphatic heterocycles. The van der Waals surface area contributed by atoms with E-state index >= 15 is 0 Å². The van der Waals surface area contributed by atoms with Crippen LogP contribution in [0.3, 0.4) is 0 Å². The van der Waals surface area contributed by atoms with Gasteiger partial charge >= 0.3 is 0 Å². The van der Waals surface area contributed by atoms with Crippen LogP contribution in [-0.4, -0.2) is 18.3 Å². The van der Waals surface area contributed by atoms with Gasteiger partial charge in [0.05, 0.1) is 13.2 Å². The van der Waals surface area contributed by atoms with Crippen LogP contribution < -0.4 is 4.74 Å². The van der Waals surface area contributed by atoms with E-state index in [0.717, 1.165) is 54.1 Å². The molecule has 1 aromatic carbocycles. The van der Waals surface area contributed by atoms with Crippen LogP contribution >= 0.6 is 0 Å². The lowest BCUT2D eigenvalue weighted by Crippen LogP contribution is -2.54. The molecule has 5 rings (SSSR count). The molecule has 2 nitrogen and oxygen atoms in total. The molecule has 4 fully saturated rings. The predicted molar refractivity (Wildman–Crippen MR) is 155 cm³/mol. The van der Waals surface area contributed by atoms with Crippen LogP contribution in [0.15, 0.2) is 29.8 Å². The molecule has 9 atom stereocenters. The van der Waals surface area contributed by atoms with E-state index in [9.17, 15) is 5.11 Å². The lowest BCUT2D eigenvalue weighted by molar-refractivity contribution is -0.117. The first-order valence-electron chi connectivity index (χ1n) is 15.7. The van der Waals surface area contributed by atoms with Crippen molar-refractivity contribution >= 4 is 6.08 Å². The minimum absolute atomic E-state index is 0.284. The van der Waals surface area contributed by atoms with Crippen molar-refractivity contribution in [3.63, 3.8) is 0 Å². The summed E-state index contributed by atoms with van der Waals surface area (Å²) in [6.45, 7) is 12.7. The van der Waals surface area contributed by atoms with E-state index in [2.05, 4.69) is 52.8 Å². The lowest BCUT2D eigenvalue weighted by Gasteiger charge is -2.61. The van der Waals surface area contributed by atoms with E-state index in [0.29, 0.717) is 16.7 Å². The van der Waals surface area contributed by atoms with Gasteiger partial charge in [0, 0.05) is 0 Å². The number of rotatable bonds is 7. The summed E-state index contributed by atoms with van der Waals surface area (Å²) in [6, 6.07) is 8.32. The van der Waals surface area contributed by atoms with E-state index in [4.69, 9.17) is 4.74 Å². The zero-order valence-corrected chi connectivity index (χ0v) is 24.6. The summed E-state index contributed by atoms with van der Waals surface area (Å²) in [5.74, 6) is 6.84. The summed E-state index contributed by atoms with van der Waals surface area (Å²) in [5.41, 5.74) is 3.34. The molecule has 2 heteroatoms. The number of benzene rings is 1. The summed E-state index contributed by atoms with van der Waals surface area (Å²) in [6.07, 6.45) is 16.8. The van der Waals surface area contributed by atoms with Crippen LogP contribution in [0.25, 0.3) is 6.08 Å². The molecule has 0 radical (unpaired) electrons. The molecule has 0 aromatic heterocycles. The summed E-state index contributed by atoms with van der Waals surface area (Å²) in [7, 11) is 1.72. The van der Waals surface area contributed by atoms with Crippen molar-refractivity contribution in [2.45, 2.75) is 111 Å². The first kappa shape index (κ1) is 27.3. The highest BCUT2D eigenvalue weighted by Gasteiger charge is 2.60. The van der Waals surface area contributed by atoms with E-state index < -0.39 is 0 Å². The predicted octanol–water partition coefficient (Wildman–Crippen LogP) is 9.17. The Kier molecular flexibility index (Phi) is 7.90. The average Bonchev–Trinajstić information content (AvgIpc) is 3.22. The highest BCUT2D eigenvalue weighted by atomic mass is 16.5. The largest absolute Gasteiger partial charge is 0.497 e. The zero-order valence-electron chi connectivity index (χ0n) is 24.6. The van der Waals surface area contributed by atoms with Crippen LogP contribution in [0.5, 0.6) is 5.75 Å². The Morgan fingerprint density at radius 2 is 1.68 bits per heavy atom. The number of hydrogen-bond donors (Lipinski definition) is 1. The number of ether oxygens (including phenoxy) is 1. The van der Waals surface area contributed by atoms with Gasteiger partial charge in [0.25, 0.3) is 0 Å². The lowest BCUT2D eigenvalue weighted by atomic mass is 9.44. The fourth-order valence-corrected chi connectivity index (χ4v) is 10.3. The van der Waals surface area contributed by atoms with Crippen LogP contribution in [0, 0.1) is 52.3 Å². The van der Waals surface area contributed by atoms with Crippen molar-refractivity contribution in [3.05, 3.63) is 35.4 Å². The molecule has 0 unspecified atom stereocenters. The van der Waals surface area contributed by atoms with Crippen molar-refractivity contribution < 1.29 is 9.84 Å². The molecule has 206 valence electrons. The van der Waals surface area contributed by atoms with Crippen LogP contribution in [0.2, 0.25) is 0 Å². The van der Waals surface area contributed by atoms with E-state index in [-0.39, 0.29) is 6.10 Å². The van der Waals surface area contributed by atoms with Gasteiger partial charge in [-0.2, -0.15) is 0 Å². The molecule has 4 aliphatic rings. The van der Waals surface area contributed by atoms with Gasteiger partial charge in [0.1, 0.15) is 5.75 Å². The van der Waals surface area contributed by atoms with Gasteiger partial charge < -0.3 is 9.84 Å². The molecule has 1 aromatic rings. The maximum Gasteiger partial charge on any atom is 0.118 e. The summed E-state index contributed by atoms with van der Waals surface area (Å²) >= 11 is 0. The standard InChI is InChI=1S/C35H54O2/c1-23(2)8-7-9-24(3)30-16-17-31-29-15-12-27-21-33(36)26(20-25-10-13-28(37-6)14-11-25)22-35(27,5)32(29)18-19-34(30,31)4/h10-11,13-14,20,23-24,27,29-33,36H,7-9,12,15-19,21-22H2,1-6H3/b26-20-/t24-,27+,29+,30-,31+,32+,33+,34-,35+/m1/s1. The van der Waals surface area contributed by atoms with Gasteiger partial charge in [-0.1, -0.05) is 72.1 Å². The van der Waals surface area contributed by atoms with Crippen molar-refractivity contribution in [1.29, 1.82) is 0 Å². The fraction of sp³-hybridized carbons (Fsp3) is 0.771. The second-order valence-corrected chi connectivity index (χ2v) is 14.6. The molecule has 1 N–H and O–H groups in total. The van der Waals surface area contributed by atoms with E-state index in [1.165, 1.54) is 68.9 Å². The number of aliphatic hydroxyl groups is 1. The molecule has 0 saturated heterocycles. The summed E-state index contributed by atoms with van der Waals surface area (Å²) in [4.78, 5) is 0. The monoisotopic (exact) mass is 506 g/mol. The first-order chi connectivity index (χ1) is 17.7. The SMILES string of the molecule is COc1ccc(/C=C2/C[C@@]3(C)[C@@H](CC[C@@H]4[C@@H]3CC[C@]3(C)[C@@H]([C@H](C)CCCC(C)C)CC[C@@H]43)C[C@@H]2O)cc1. The summed E-state index contributed by atoms with van der Waals surface area (Å²) < 4.78 is 5.35. The smallest absolute Gasteiger partial charge is 0.118 e. The topological polar surface area (TPSA) is 29.5 Å². The number of aliphatic hydroxyl groups excluding tert-OH is 1. The van der Waals surface area contributed by atoms with Gasteiger partial charge in [0.2, 0.25) is 0 Å². The zero-order chi connectivity index (χ0) is 26.4. The Morgan fingerprint density at radius 3 is 2.38 bits per heavy atom. The Labute approximate surface area is 227 Å². The third-order valence-corrected chi connectivity index (χ3v) is 12.3. The van der Waals surface area contributed by atoms with Gasteiger partial charge in [0.15, 0.2) is 0 Å². The molecule has 0 amide bonds. The molecule has 0 bridgehead atoms. The minimum Gasteiger partial charge on any atom is -0.497 e. The second-order valence-electron chi connectivity index (χ2n) is 14.6. The molecule has 0 spiro atoms. The van der Waals surface area contributed by atoms with Crippen molar-refractivity contribution in [3.8, 4) is 5.75 Å². The van der Waals surface area contributed by atoms with Crippen LogP contribution in [-0.2, 0) is 0 Å². The van der Waals surface area contributed by atoms with Crippen molar-refractivity contribution in [2.75, 3.05) is 7.11 Å². The third-order valence-electron chi connectivity index (χ3n) is 12.3. The van der Waals surface area contributed by atoms with Crippen LogP contribution in [0.4, 0.5) is 0 Å². The highest BCUT2D eigenvalue weighted by Crippen LogP contribution is 2.68. The van der Waals surface area contributed by atoms with Crippen molar-refractivity contribution in [2.24, 2.45) is 52.3 Å². The molecular formula is C35H54O2. The third kappa shape index (κ3) is 5.06. The maximum absolute atomic E-state index is 11.2. The van der Waals surface area contributed by atoms with Gasteiger partial charge in [-0.15, -0.1) is 0 Å².